The first kappa shape index (κ1) is 17.5. The van der Waals surface area contributed by atoms with E-state index in [9.17, 15) is 0 Å². The number of halogens is 1. The Hall–Kier alpha value is -1.93. The van der Waals surface area contributed by atoms with E-state index in [1.165, 1.54) is 16.8 Å². The molecule has 3 unspecified atom stereocenters. The maximum atomic E-state index is 6.50. The minimum absolute atomic E-state index is 0.240. The summed E-state index contributed by atoms with van der Waals surface area (Å²) in [6.45, 7) is 5.22. The molecule has 0 amide bonds. The zero-order chi connectivity index (χ0) is 18.1. The van der Waals surface area contributed by atoms with Gasteiger partial charge in [-0.3, -0.25) is 0 Å². The Morgan fingerprint density at radius 3 is 2.81 bits per heavy atom. The molecule has 136 valence electrons. The van der Waals surface area contributed by atoms with Crippen molar-refractivity contribution >= 4 is 17.3 Å². The minimum atomic E-state index is 0.240. The zero-order valence-electron chi connectivity index (χ0n) is 15.4. The van der Waals surface area contributed by atoms with Gasteiger partial charge in [-0.25, -0.2) is 0 Å². The molecule has 1 heterocycles. The SMILES string of the molecule is CC(C)CCOc1ccc2c(c1)C1C=CCC1C(c1ccccc1Cl)N2. The van der Waals surface area contributed by atoms with Crippen molar-refractivity contribution in [2.45, 2.75) is 38.6 Å². The number of hydrogen-bond acceptors (Lipinski definition) is 2. The molecule has 0 aromatic heterocycles. The van der Waals surface area contributed by atoms with E-state index >= 15 is 0 Å². The smallest absolute Gasteiger partial charge is 0.119 e. The third kappa shape index (κ3) is 3.35. The molecule has 3 heteroatoms. The third-order valence-corrected chi connectivity index (χ3v) is 5.88. The van der Waals surface area contributed by atoms with E-state index in [0.29, 0.717) is 17.8 Å². The number of allylic oxidation sites excluding steroid dienone is 2. The van der Waals surface area contributed by atoms with Crippen molar-refractivity contribution in [2.24, 2.45) is 11.8 Å². The van der Waals surface area contributed by atoms with Gasteiger partial charge in [-0.15, -0.1) is 0 Å². The van der Waals surface area contributed by atoms with Crippen molar-refractivity contribution in [3.05, 3.63) is 70.8 Å². The molecule has 2 aromatic carbocycles. The predicted octanol–water partition coefficient (Wildman–Crippen LogP) is 6.59. The van der Waals surface area contributed by atoms with Crippen molar-refractivity contribution in [3.63, 3.8) is 0 Å². The summed E-state index contributed by atoms with van der Waals surface area (Å²) in [5.41, 5.74) is 3.73. The van der Waals surface area contributed by atoms with Crippen LogP contribution in [0.25, 0.3) is 0 Å². The number of nitrogens with one attached hydrogen (secondary N) is 1. The molecule has 26 heavy (non-hydrogen) atoms. The van der Waals surface area contributed by atoms with E-state index in [-0.39, 0.29) is 6.04 Å². The van der Waals surface area contributed by atoms with Gasteiger partial charge in [0.2, 0.25) is 0 Å². The molecular weight excluding hydrogens is 342 g/mol. The standard InChI is InChI=1S/C23H26ClNO/c1-15(2)12-13-26-16-10-11-22-20(14-16)17-7-5-8-18(17)23(25-22)19-6-3-4-9-21(19)24/h3-7,9-11,14-15,17-18,23,25H,8,12-13H2,1-2H3. The molecule has 4 rings (SSSR count). The Kier molecular flexibility index (Phi) is 4.95. The highest BCUT2D eigenvalue weighted by Crippen LogP contribution is 2.51. The maximum absolute atomic E-state index is 6.50. The van der Waals surface area contributed by atoms with E-state index < -0.39 is 0 Å². The van der Waals surface area contributed by atoms with Crippen LogP contribution in [-0.4, -0.2) is 6.61 Å². The van der Waals surface area contributed by atoms with Crippen molar-refractivity contribution in [3.8, 4) is 5.75 Å². The summed E-state index contributed by atoms with van der Waals surface area (Å²) in [7, 11) is 0. The Labute approximate surface area is 161 Å². The van der Waals surface area contributed by atoms with E-state index in [1.807, 2.05) is 12.1 Å². The monoisotopic (exact) mass is 367 g/mol. The molecule has 1 aliphatic heterocycles. The Morgan fingerprint density at radius 2 is 2.00 bits per heavy atom. The Bertz CT molecular complexity index is 814. The van der Waals surface area contributed by atoms with Crippen LogP contribution in [0.15, 0.2) is 54.6 Å². The molecule has 2 aromatic rings. The van der Waals surface area contributed by atoms with Crippen LogP contribution in [0.5, 0.6) is 5.75 Å². The third-order valence-electron chi connectivity index (χ3n) is 5.54. The van der Waals surface area contributed by atoms with Gasteiger partial charge >= 0.3 is 0 Å². The van der Waals surface area contributed by atoms with Gasteiger partial charge in [0.1, 0.15) is 5.75 Å². The lowest BCUT2D eigenvalue weighted by Crippen LogP contribution is -2.29. The molecule has 0 spiro atoms. The lowest BCUT2D eigenvalue weighted by molar-refractivity contribution is 0.289. The van der Waals surface area contributed by atoms with Gasteiger partial charge < -0.3 is 10.1 Å². The van der Waals surface area contributed by atoms with Crippen LogP contribution in [0, 0.1) is 11.8 Å². The van der Waals surface area contributed by atoms with Crippen molar-refractivity contribution in [2.75, 3.05) is 11.9 Å². The van der Waals surface area contributed by atoms with Crippen LogP contribution in [0.4, 0.5) is 5.69 Å². The second kappa shape index (κ2) is 7.36. The normalized spacial score (nSPS) is 23.5. The van der Waals surface area contributed by atoms with Crippen LogP contribution in [-0.2, 0) is 0 Å². The second-order valence-electron chi connectivity index (χ2n) is 7.78. The van der Waals surface area contributed by atoms with Crippen LogP contribution < -0.4 is 10.1 Å². The van der Waals surface area contributed by atoms with Gasteiger partial charge in [0, 0.05) is 16.6 Å². The number of hydrogen-bond donors (Lipinski definition) is 1. The largest absolute Gasteiger partial charge is 0.494 e. The maximum Gasteiger partial charge on any atom is 0.119 e. The predicted molar refractivity (Wildman–Crippen MR) is 109 cm³/mol. The summed E-state index contributed by atoms with van der Waals surface area (Å²) in [4.78, 5) is 0. The van der Waals surface area contributed by atoms with Crippen LogP contribution in [0.1, 0.15) is 49.8 Å². The fourth-order valence-electron chi connectivity index (χ4n) is 4.11. The number of benzene rings is 2. The lowest BCUT2D eigenvalue weighted by atomic mass is 9.77. The van der Waals surface area contributed by atoms with Crippen LogP contribution in [0.3, 0.4) is 0 Å². The van der Waals surface area contributed by atoms with Gasteiger partial charge in [-0.1, -0.05) is 55.8 Å². The second-order valence-corrected chi connectivity index (χ2v) is 8.18. The van der Waals surface area contributed by atoms with Gasteiger partial charge in [-0.2, -0.15) is 0 Å². The highest BCUT2D eigenvalue weighted by atomic mass is 35.5. The summed E-state index contributed by atoms with van der Waals surface area (Å²) >= 11 is 6.50. The molecule has 3 atom stereocenters. The highest BCUT2D eigenvalue weighted by Gasteiger charge is 2.38. The summed E-state index contributed by atoms with van der Waals surface area (Å²) in [6, 6.07) is 14.9. The number of ether oxygens (including phenoxy) is 1. The van der Waals surface area contributed by atoms with Gasteiger partial charge in [0.25, 0.3) is 0 Å². The van der Waals surface area contributed by atoms with Gasteiger partial charge in [-0.05, 0) is 60.1 Å². The molecular formula is C23H26ClNO. The summed E-state index contributed by atoms with van der Waals surface area (Å²) in [6.07, 6.45) is 6.82. The Morgan fingerprint density at radius 1 is 1.15 bits per heavy atom. The number of anilines is 1. The molecule has 0 bridgehead atoms. The van der Waals surface area contributed by atoms with E-state index in [1.54, 1.807) is 0 Å². The molecule has 1 N–H and O–H groups in total. The zero-order valence-corrected chi connectivity index (χ0v) is 16.2. The topological polar surface area (TPSA) is 21.3 Å². The van der Waals surface area contributed by atoms with Crippen LogP contribution >= 0.6 is 11.6 Å². The summed E-state index contributed by atoms with van der Waals surface area (Å²) in [5.74, 6) is 2.55. The number of rotatable bonds is 5. The summed E-state index contributed by atoms with van der Waals surface area (Å²) < 4.78 is 5.99. The number of fused-ring (bicyclic) bond motifs is 3. The highest BCUT2D eigenvalue weighted by molar-refractivity contribution is 6.31. The first-order chi connectivity index (χ1) is 12.6. The van der Waals surface area contributed by atoms with Gasteiger partial charge in [0.05, 0.1) is 12.6 Å². The molecule has 1 aliphatic carbocycles. The lowest BCUT2D eigenvalue weighted by Gasteiger charge is -2.38. The average Bonchev–Trinajstić information content (AvgIpc) is 3.11. The Balaban J connectivity index is 1.62. The molecule has 2 nitrogen and oxygen atoms in total. The molecule has 0 fully saturated rings. The molecule has 0 saturated heterocycles. The van der Waals surface area contributed by atoms with Crippen molar-refractivity contribution in [1.29, 1.82) is 0 Å². The molecule has 0 radical (unpaired) electrons. The molecule has 0 saturated carbocycles. The van der Waals surface area contributed by atoms with E-state index in [0.717, 1.165) is 30.2 Å². The van der Waals surface area contributed by atoms with Crippen molar-refractivity contribution in [1.82, 2.24) is 0 Å². The van der Waals surface area contributed by atoms with Crippen LogP contribution in [0.2, 0.25) is 5.02 Å². The summed E-state index contributed by atoms with van der Waals surface area (Å²) in [5, 5.41) is 4.59. The van der Waals surface area contributed by atoms with E-state index in [4.69, 9.17) is 16.3 Å². The molecule has 2 aliphatic rings. The quantitative estimate of drug-likeness (QED) is 0.601. The van der Waals surface area contributed by atoms with Gasteiger partial charge in [0.15, 0.2) is 0 Å². The first-order valence-corrected chi connectivity index (χ1v) is 9.95. The fourth-order valence-corrected chi connectivity index (χ4v) is 4.36. The average molecular weight is 368 g/mol. The fraction of sp³-hybridized carbons (Fsp3) is 0.391. The van der Waals surface area contributed by atoms with E-state index in [2.05, 4.69) is 61.6 Å². The minimum Gasteiger partial charge on any atom is -0.494 e. The first-order valence-electron chi connectivity index (χ1n) is 9.58. The van der Waals surface area contributed by atoms with Crippen molar-refractivity contribution < 1.29 is 4.74 Å².